The van der Waals surface area contributed by atoms with Crippen molar-refractivity contribution in [2.45, 2.75) is 57.0 Å². The van der Waals surface area contributed by atoms with Crippen LogP contribution in [0.25, 0.3) is 11.2 Å². The molecule has 0 spiro atoms. The first kappa shape index (κ1) is 23.8. The summed E-state index contributed by atoms with van der Waals surface area (Å²) in [6, 6.07) is -0.940. The lowest BCUT2D eigenvalue weighted by molar-refractivity contribution is -0.149. The van der Waals surface area contributed by atoms with Crippen LogP contribution in [0, 0.1) is 0 Å². The number of hydrogen-bond acceptors (Lipinski definition) is 10. The highest BCUT2D eigenvalue weighted by atomic mass is 35.5. The van der Waals surface area contributed by atoms with Crippen LogP contribution in [0.4, 0.5) is 5.82 Å². The lowest BCUT2D eigenvalue weighted by Crippen LogP contribution is -2.41. The molecule has 2 aromatic heterocycles. The third-order valence-corrected chi connectivity index (χ3v) is 6.87. The van der Waals surface area contributed by atoms with Crippen molar-refractivity contribution in [2.24, 2.45) is 0 Å². The van der Waals surface area contributed by atoms with Crippen molar-refractivity contribution in [3.63, 3.8) is 0 Å². The van der Waals surface area contributed by atoms with E-state index < -0.39 is 37.0 Å². The Balaban J connectivity index is 1.78. The largest absolute Gasteiger partial charge is 0.462 e. The SMILES string of the molecule is COP(=O)(N[C@@H](C)C(=O)OC(C)C)O[C@@H]1CO[C@@H](n2cnc3c(N)ncnc32)[C@]1(C)Cl. The van der Waals surface area contributed by atoms with Gasteiger partial charge in [-0.1, -0.05) is 0 Å². The molecule has 14 heteroatoms. The predicted molar refractivity (Wildman–Crippen MR) is 112 cm³/mol. The molecule has 0 aliphatic carbocycles. The molecule has 1 unspecified atom stereocenters. The molecule has 1 aliphatic rings. The number of ether oxygens (including phenoxy) is 2. The zero-order valence-electron chi connectivity index (χ0n) is 17.8. The Morgan fingerprint density at radius 1 is 1.42 bits per heavy atom. The van der Waals surface area contributed by atoms with Gasteiger partial charge in [-0.25, -0.2) is 24.6 Å². The van der Waals surface area contributed by atoms with Crippen LogP contribution in [0.1, 0.15) is 33.9 Å². The maximum atomic E-state index is 13.1. The minimum absolute atomic E-state index is 0.00472. The molecular formula is C17H26ClN6O6P. The Morgan fingerprint density at radius 2 is 2.13 bits per heavy atom. The number of anilines is 1. The molecule has 12 nitrogen and oxygen atoms in total. The first-order valence-corrected chi connectivity index (χ1v) is 11.5. The van der Waals surface area contributed by atoms with Crippen LogP contribution < -0.4 is 10.8 Å². The van der Waals surface area contributed by atoms with E-state index in [2.05, 4.69) is 20.0 Å². The van der Waals surface area contributed by atoms with Crippen LogP contribution in [-0.2, 0) is 27.9 Å². The van der Waals surface area contributed by atoms with E-state index in [9.17, 15) is 9.36 Å². The van der Waals surface area contributed by atoms with Crippen molar-refractivity contribution in [3.8, 4) is 0 Å². The van der Waals surface area contributed by atoms with Crippen LogP contribution >= 0.6 is 19.3 Å². The van der Waals surface area contributed by atoms with E-state index in [4.69, 9.17) is 35.9 Å². The van der Waals surface area contributed by atoms with Crippen molar-refractivity contribution in [2.75, 3.05) is 19.5 Å². The molecule has 3 rings (SSSR count). The maximum absolute atomic E-state index is 13.1. The van der Waals surface area contributed by atoms with Gasteiger partial charge in [-0.2, -0.15) is 0 Å². The molecule has 3 N–H and O–H groups in total. The number of imidazole rings is 1. The number of halogens is 1. The topological polar surface area (TPSA) is 153 Å². The molecule has 2 aromatic rings. The van der Waals surface area contributed by atoms with Gasteiger partial charge in [0, 0.05) is 7.11 Å². The smallest absolute Gasteiger partial charge is 0.406 e. The summed E-state index contributed by atoms with van der Waals surface area (Å²) in [6.45, 7) is 6.60. The Kier molecular flexibility index (Phi) is 6.90. The van der Waals surface area contributed by atoms with Gasteiger partial charge in [-0.05, 0) is 27.7 Å². The highest BCUT2D eigenvalue weighted by Gasteiger charge is 2.52. The minimum atomic E-state index is -3.93. The second-order valence-corrected chi connectivity index (χ2v) is 10.2. The van der Waals surface area contributed by atoms with Gasteiger partial charge in [-0.15, -0.1) is 11.6 Å². The van der Waals surface area contributed by atoms with Crippen LogP contribution in [-0.4, -0.2) is 62.3 Å². The summed E-state index contributed by atoms with van der Waals surface area (Å²) in [7, 11) is -2.72. The maximum Gasteiger partial charge on any atom is 0.406 e. The molecule has 0 saturated carbocycles. The molecule has 3 heterocycles. The first-order chi connectivity index (χ1) is 14.5. The second-order valence-electron chi connectivity index (χ2n) is 7.53. The standard InChI is InChI=1S/C17H26ClN6O6P/c1-9(2)29-15(25)10(3)23-31(26,27-5)30-11-6-28-16(17(11,4)18)24-8-22-12-13(19)20-7-21-14(12)24/h7-11,16H,6H2,1-5H3,(H,23,26)(H2,19,20,21)/t10-,11+,16+,17+,31?/m0/s1. The van der Waals surface area contributed by atoms with Crippen molar-refractivity contribution in [1.29, 1.82) is 0 Å². The van der Waals surface area contributed by atoms with Gasteiger partial charge in [0.25, 0.3) is 0 Å². The van der Waals surface area contributed by atoms with Crippen LogP contribution in [0.5, 0.6) is 0 Å². The molecule has 1 aliphatic heterocycles. The summed E-state index contributed by atoms with van der Waals surface area (Å²) in [6.07, 6.45) is 0.860. The van der Waals surface area contributed by atoms with Crippen molar-refractivity contribution in [1.82, 2.24) is 24.6 Å². The van der Waals surface area contributed by atoms with Crippen molar-refractivity contribution in [3.05, 3.63) is 12.7 Å². The summed E-state index contributed by atoms with van der Waals surface area (Å²) < 4.78 is 36.5. The average molecular weight is 477 g/mol. The number of hydrogen-bond donors (Lipinski definition) is 2. The van der Waals surface area contributed by atoms with Gasteiger partial charge in [0.05, 0.1) is 19.0 Å². The monoisotopic (exact) mass is 476 g/mol. The lowest BCUT2D eigenvalue weighted by atomic mass is 10.1. The summed E-state index contributed by atoms with van der Waals surface area (Å²) in [5.74, 6) is -0.367. The van der Waals surface area contributed by atoms with E-state index in [-0.39, 0.29) is 18.5 Å². The number of carbonyl (C=O) groups is 1. The Bertz CT molecular complexity index is 1000. The Hall–Kier alpha value is -1.82. The molecular weight excluding hydrogens is 451 g/mol. The molecule has 0 aromatic carbocycles. The van der Waals surface area contributed by atoms with E-state index in [0.717, 1.165) is 0 Å². The van der Waals surface area contributed by atoms with E-state index in [1.807, 2.05) is 0 Å². The number of nitrogen functional groups attached to an aromatic ring is 1. The zero-order chi connectivity index (χ0) is 23.0. The molecule has 0 amide bonds. The Labute approximate surface area is 184 Å². The number of rotatable bonds is 8. The van der Waals surface area contributed by atoms with Gasteiger partial charge < -0.3 is 19.7 Å². The van der Waals surface area contributed by atoms with Gasteiger partial charge in [0.2, 0.25) is 0 Å². The highest BCUT2D eigenvalue weighted by molar-refractivity contribution is 7.51. The summed E-state index contributed by atoms with van der Waals surface area (Å²) in [5.41, 5.74) is 6.68. The van der Waals surface area contributed by atoms with E-state index in [1.165, 1.54) is 26.7 Å². The number of nitrogens with zero attached hydrogens (tertiary/aromatic N) is 4. The number of carbonyl (C=O) groups excluding carboxylic acids is 1. The van der Waals surface area contributed by atoms with Crippen molar-refractivity contribution >= 4 is 42.3 Å². The number of esters is 1. The molecule has 1 saturated heterocycles. The molecule has 1 fully saturated rings. The minimum Gasteiger partial charge on any atom is -0.462 e. The fourth-order valence-corrected chi connectivity index (χ4v) is 4.89. The van der Waals surface area contributed by atoms with Gasteiger partial charge in [-0.3, -0.25) is 13.9 Å². The van der Waals surface area contributed by atoms with Gasteiger partial charge in [0.1, 0.15) is 28.9 Å². The fraction of sp³-hybridized carbons (Fsp3) is 0.647. The molecule has 5 atom stereocenters. The molecule has 0 bridgehead atoms. The number of alkyl halides is 1. The average Bonchev–Trinajstić information content (AvgIpc) is 3.23. The fourth-order valence-electron chi connectivity index (χ4n) is 3.11. The normalized spacial score (nSPS) is 26.8. The first-order valence-electron chi connectivity index (χ1n) is 9.54. The molecule has 31 heavy (non-hydrogen) atoms. The third kappa shape index (κ3) is 4.84. The number of aromatic nitrogens is 4. The predicted octanol–water partition coefficient (Wildman–Crippen LogP) is 2.00. The quantitative estimate of drug-likeness (QED) is 0.326. The molecule has 172 valence electrons. The van der Waals surface area contributed by atoms with Gasteiger partial charge in [0.15, 0.2) is 17.7 Å². The highest BCUT2D eigenvalue weighted by Crippen LogP contribution is 2.51. The number of fused-ring (bicyclic) bond motifs is 1. The summed E-state index contributed by atoms with van der Waals surface area (Å²) in [4.78, 5) is 23.2. The number of nitrogens with two attached hydrogens (primary N) is 1. The zero-order valence-corrected chi connectivity index (χ0v) is 19.5. The van der Waals surface area contributed by atoms with Crippen LogP contribution in [0.3, 0.4) is 0 Å². The van der Waals surface area contributed by atoms with E-state index >= 15 is 0 Å². The Morgan fingerprint density at radius 3 is 2.77 bits per heavy atom. The van der Waals surface area contributed by atoms with E-state index in [1.54, 1.807) is 25.3 Å². The second kappa shape index (κ2) is 8.97. The molecule has 0 radical (unpaired) electrons. The third-order valence-electron chi connectivity index (χ3n) is 4.72. The van der Waals surface area contributed by atoms with E-state index in [0.29, 0.717) is 11.2 Å². The number of nitrogens with one attached hydrogen (secondary N) is 1. The summed E-state index contributed by atoms with van der Waals surface area (Å²) in [5, 5.41) is 2.57. The van der Waals surface area contributed by atoms with Crippen LogP contribution in [0.15, 0.2) is 12.7 Å². The van der Waals surface area contributed by atoms with Crippen LogP contribution in [0.2, 0.25) is 0 Å². The van der Waals surface area contributed by atoms with Gasteiger partial charge >= 0.3 is 13.7 Å². The van der Waals surface area contributed by atoms with Crippen molar-refractivity contribution < 1.29 is 27.9 Å². The summed E-state index contributed by atoms with van der Waals surface area (Å²) >= 11 is 6.79. The lowest BCUT2D eigenvalue weighted by Gasteiger charge is -2.31.